The van der Waals surface area contributed by atoms with Crippen molar-refractivity contribution in [2.45, 2.75) is 18.8 Å². The Kier molecular flexibility index (Phi) is 5.01. The van der Waals surface area contributed by atoms with E-state index in [4.69, 9.17) is 10.2 Å². The predicted octanol–water partition coefficient (Wildman–Crippen LogP) is 2.98. The fourth-order valence-corrected chi connectivity index (χ4v) is 3.69. The predicted molar refractivity (Wildman–Crippen MR) is 116 cm³/mol. The van der Waals surface area contributed by atoms with Gasteiger partial charge in [0.15, 0.2) is 11.6 Å². The second kappa shape index (κ2) is 8.11. The number of carbonyl (C=O) groups excluding carboxylic acids is 1. The number of nitrogen functional groups attached to an aromatic ring is 1. The van der Waals surface area contributed by atoms with Crippen LogP contribution in [-0.4, -0.2) is 38.9 Å². The Bertz CT molecular complexity index is 1250. The van der Waals surface area contributed by atoms with Gasteiger partial charge >= 0.3 is 0 Å². The average molecular weight is 415 g/mol. The summed E-state index contributed by atoms with van der Waals surface area (Å²) in [5.74, 6) is 0.926. The highest BCUT2D eigenvalue weighted by atomic mass is 16.3. The number of hydrogen-bond donors (Lipinski definition) is 3. The minimum Gasteiger partial charge on any atom is -0.448 e. The maximum absolute atomic E-state index is 12.7. The molecule has 1 aliphatic rings. The van der Waals surface area contributed by atoms with Crippen LogP contribution in [-0.2, 0) is 0 Å². The Morgan fingerprint density at radius 2 is 1.90 bits per heavy atom. The van der Waals surface area contributed by atoms with E-state index < -0.39 is 0 Å². The van der Waals surface area contributed by atoms with Crippen LogP contribution in [0.4, 0.5) is 11.5 Å². The van der Waals surface area contributed by atoms with Gasteiger partial charge in [-0.1, -0.05) is 0 Å². The lowest BCUT2D eigenvalue weighted by Gasteiger charge is -2.19. The summed E-state index contributed by atoms with van der Waals surface area (Å²) < 4.78 is 5.56. The molecule has 5 rings (SSSR count). The van der Waals surface area contributed by atoms with Crippen LogP contribution in [0.1, 0.15) is 35.1 Å². The summed E-state index contributed by atoms with van der Waals surface area (Å²) in [6.07, 6.45) is 10.0. The summed E-state index contributed by atoms with van der Waals surface area (Å²) >= 11 is 0. The van der Waals surface area contributed by atoms with Crippen LogP contribution in [0.15, 0.2) is 53.7 Å². The molecule has 31 heavy (non-hydrogen) atoms. The maximum atomic E-state index is 12.7. The van der Waals surface area contributed by atoms with Gasteiger partial charge in [-0.05, 0) is 49.5 Å². The summed E-state index contributed by atoms with van der Waals surface area (Å²) in [5.41, 5.74) is 8.19. The third-order valence-corrected chi connectivity index (χ3v) is 5.34. The lowest BCUT2D eigenvalue weighted by atomic mass is 9.98. The molecule has 0 saturated carbocycles. The van der Waals surface area contributed by atoms with E-state index in [1.54, 1.807) is 30.9 Å². The first-order valence-corrected chi connectivity index (χ1v) is 10.1. The van der Waals surface area contributed by atoms with Crippen molar-refractivity contribution in [2.24, 2.45) is 0 Å². The van der Waals surface area contributed by atoms with Crippen molar-refractivity contribution >= 4 is 28.2 Å². The molecule has 4 aromatic rings. The van der Waals surface area contributed by atoms with Crippen LogP contribution >= 0.6 is 0 Å². The van der Waals surface area contributed by atoms with Gasteiger partial charge in [0.2, 0.25) is 0 Å². The largest absolute Gasteiger partial charge is 0.448 e. The number of fused-ring (bicyclic) bond motifs is 1. The number of nitrogens with zero attached hydrogens (tertiary/aromatic N) is 4. The monoisotopic (exact) mass is 415 g/mol. The van der Waals surface area contributed by atoms with E-state index in [-0.39, 0.29) is 17.5 Å². The van der Waals surface area contributed by atoms with Crippen LogP contribution in [0.2, 0.25) is 0 Å². The number of hydrogen-bond acceptors (Lipinski definition) is 8. The molecular formula is C22H21N7O2. The quantitative estimate of drug-likeness (QED) is 0.463. The number of carbonyl (C=O) groups is 1. The molecule has 0 radical (unpaired) electrons. The van der Waals surface area contributed by atoms with Gasteiger partial charge in [0, 0.05) is 41.7 Å². The minimum atomic E-state index is -0.356. The highest BCUT2D eigenvalue weighted by molar-refractivity contribution is 6.03. The first-order chi connectivity index (χ1) is 15.2. The molecular weight excluding hydrogens is 394 g/mol. The molecule has 0 aliphatic carbocycles. The number of nitrogens with two attached hydrogens (primary N) is 1. The van der Waals surface area contributed by atoms with Crippen LogP contribution in [0.25, 0.3) is 22.0 Å². The molecule has 0 unspecified atom stereocenters. The average Bonchev–Trinajstić information content (AvgIpc) is 3.30. The van der Waals surface area contributed by atoms with Crippen LogP contribution in [0.3, 0.4) is 0 Å². The van der Waals surface area contributed by atoms with Gasteiger partial charge in [-0.2, -0.15) is 0 Å². The molecule has 4 aromatic heterocycles. The second-order valence-corrected chi connectivity index (χ2v) is 7.54. The molecule has 0 aromatic carbocycles. The Morgan fingerprint density at radius 3 is 2.74 bits per heavy atom. The van der Waals surface area contributed by atoms with Crippen LogP contribution in [0, 0.1) is 0 Å². The number of piperidine rings is 1. The number of oxazole rings is 1. The highest BCUT2D eigenvalue weighted by Gasteiger charge is 2.22. The Morgan fingerprint density at radius 1 is 1.06 bits per heavy atom. The molecule has 0 atom stereocenters. The fraction of sp³-hybridized carbons (Fsp3) is 0.227. The number of amides is 1. The van der Waals surface area contributed by atoms with Crippen molar-refractivity contribution < 1.29 is 9.21 Å². The third-order valence-electron chi connectivity index (χ3n) is 5.34. The molecule has 4 N–H and O–H groups in total. The van der Waals surface area contributed by atoms with E-state index in [0.29, 0.717) is 17.4 Å². The zero-order valence-corrected chi connectivity index (χ0v) is 16.7. The van der Waals surface area contributed by atoms with Crippen LogP contribution in [0.5, 0.6) is 0 Å². The van der Waals surface area contributed by atoms with Gasteiger partial charge in [-0.25, -0.2) is 9.97 Å². The van der Waals surface area contributed by atoms with Gasteiger partial charge in [0.25, 0.3) is 5.91 Å². The van der Waals surface area contributed by atoms with Gasteiger partial charge < -0.3 is 20.8 Å². The summed E-state index contributed by atoms with van der Waals surface area (Å²) in [4.78, 5) is 29.9. The lowest BCUT2D eigenvalue weighted by molar-refractivity contribution is 0.102. The number of rotatable bonds is 4. The van der Waals surface area contributed by atoms with Gasteiger partial charge in [-0.15, -0.1) is 0 Å². The van der Waals surface area contributed by atoms with Crippen LogP contribution < -0.4 is 16.4 Å². The van der Waals surface area contributed by atoms with E-state index in [9.17, 15) is 4.79 Å². The highest BCUT2D eigenvalue weighted by Crippen LogP contribution is 2.26. The number of nitrogens with one attached hydrogen (secondary N) is 2. The fourth-order valence-electron chi connectivity index (χ4n) is 3.69. The molecule has 9 nitrogen and oxygen atoms in total. The molecule has 9 heteroatoms. The number of pyridine rings is 3. The molecule has 0 bridgehead atoms. The molecule has 1 aliphatic heterocycles. The van der Waals surface area contributed by atoms with Crippen molar-refractivity contribution in [2.75, 3.05) is 24.1 Å². The van der Waals surface area contributed by atoms with E-state index in [1.807, 2.05) is 12.1 Å². The summed E-state index contributed by atoms with van der Waals surface area (Å²) in [6.45, 7) is 1.86. The van der Waals surface area contributed by atoms with E-state index in [0.717, 1.165) is 48.0 Å². The SMILES string of the molecule is Nc1cncc(-c2cc3cc(NC(=O)c4coc(C5CCNCC5)n4)ncc3cn2)c1. The standard InChI is InChI=1S/C22H21N7O2/c23-17-5-15(8-25-11-17)18-6-14-7-20(27-10-16(14)9-26-18)29-21(30)19-12-31-22(28-19)13-1-3-24-4-2-13/h5-13,24H,1-4,23H2,(H,27,29,30). The van der Waals surface area contributed by atoms with Gasteiger partial charge in [-0.3, -0.25) is 14.8 Å². The smallest absolute Gasteiger partial charge is 0.278 e. The first kappa shape index (κ1) is 19.1. The van der Waals surface area contributed by atoms with Gasteiger partial charge in [0.1, 0.15) is 12.1 Å². The van der Waals surface area contributed by atoms with Crippen molar-refractivity contribution in [1.82, 2.24) is 25.3 Å². The minimum absolute atomic E-state index is 0.244. The number of aromatic nitrogens is 4. The molecule has 1 saturated heterocycles. The van der Waals surface area contributed by atoms with Crippen molar-refractivity contribution in [3.63, 3.8) is 0 Å². The first-order valence-electron chi connectivity index (χ1n) is 10.1. The second-order valence-electron chi connectivity index (χ2n) is 7.54. The summed E-state index contributed by atoms with van der Waals surface area (Å²) in [6, 6.07) is 5.52. The molecule has 1 amide bonds. The summed E-state index contributed by atoms with van der Waals surface area (Å²) in [5, 5.41) is 7.84. The zero-order chi connectivity index (χ0) is 21.2. The normalized spacial score (nSPS) is 14.6. The Balaban J connectivity index is 1.36. The summed E-state index contributed by atoms with van der Waals surface area (Å²) in [7, 11) is 0. The lowest BCUT2D eigenvalue weighted by Crippen LogP contribution is -2.26. The van der Waals surface area contributed by atoms with Crippen molar-refractivity contribution in [3.8, 4) is 11.3 Å². The van der Waals surface area contributed by atoms with Crippen molar-refractivity contribution in [3.05, 3.63) is 60.8 Å². The molecule has 1 fully saturated rings. The Labute approximate surface area is 178 Å². The zero-order valence-electron chi connectivity index (χ0n) is 16.7. The van der Waals surface area contributed by atoms with Gasteiger partial charge in [0.05, 0.1) is 11.4 Å². The number of anilines is 2. The third kappa shape index (κ3) is 4.08. The topological polar surface area (TPSA) is 132 Å². The molecule has 156 valence electrons. The molecule has 0 spiro atoms. The van der Waals surface area contributed by atoms with E-state index in [1.165, 1.54) is 6.26 Å². The Hall–Kier alpha value is -3.85. The maximum Gasteiger partial charge on any atom is 0.278 e. The van der Waals surface area contributed by atoms with E-state index >= 15 is 0 Å². The van der Waals surface area contributed by atoms with E-state index in [2.05, 4.69) is 30.6 Å². The van der Waals surface area contributed by atoms with Crippen molar-refractivity contribution in [1.29, 1.82) is 0 Å². The molecule has 5 heterocycles.